The van der Waals surface area contributed by atoms with Crippen LogP contribution in [0.4, 0.5) is 24.5 Å². The number of carboxylic acid groups (broad SMARTS) is 2. The van der Waals surface area contributed by atoms with E-state index in [-0.39, 0.29) is 16.1 Å². The number of aliphatic carboxylic acids is 1. The highest BCUT2D eigenvalue weighted by Crippen LogP contribution is 2.27. The van der Waals surface area contributed by atoms with Crippen molar-refractivity contribution in [3.63, 3.8) is 0 Å². The fourth-order valence-electron chi connectivity index (χ4n) is 3.96. The highest BCUT2D eigenvalue weighted by molar-refractivity contribution is 7.92. The molecule has 0 bridgehead atoms. The third-order valence-corrected chi connectivity index (χ3v) is 7.64. The van der Waals surface area contributed by atoms with E-state index < -0.39 is 28.1 Å². The van der Waals surface area contributed by atoms with Gasteiger partial charge in [0.1, 0.15) is 0 Å². The molecule has 14 heteroatoms. The zero-order valence-electron chi connectivity index (χ0n) is 22.6. The van der Waals surface area contributed by atoms with Gasteiger partial charge in [-0.2, -0.15) is 18.3 Å². The molecular weight excluding hydrogens is 553 g/mol. The summed E-state index contributed by atoms with van der Waals surface area (Å²) >= 11 is 0. The van der Waals surface area contributed by atoms with Crippen molar-refractivity contribution in [2.75, 3.05) is 23.2 Å². The van der Waals surface area contributed by atoms with Crippen LogP contribution in [-0.2, 0) is 28.3 Å². The van der Waals surface area contributed by atoms with E-state index in [2.05, 4.69) is 9.82 Å². The predicted molar refractivity (Wildman–Crippen MR) is 143 cm³/mol. The summed E-state index contributed by atoms with van der Waals surface area (Å²) < 4.78 is 61.7. The lowest BCUT2D eigenvalue weighted by atomic mass is 10.1. The van der Waals surface area contributed by atoms with E-state index in [4.69, 9.17) is 9.90 Å². The summed E-state index contributed by atoms with van der Waals surface area (Å²) in [4.78, 5) is 22.9. The fraction of sp³-hybridized carbons (Fsp3) is 0.346. The van der Waals surface area contributed by atoms with Crippen LogP contribution in [0.25, 0.3) is 0 Å². The number of aromatic carboxylic acids is 1. The Kier molecular flexibility index (Phi) is 10.3. The molecule has 0 spiro atoms. The number of rotatable bonds is 9. The van der Waals surface area contributed by atoms with Gasteiger partial charge in [0, 0.05) is 32.0 Å². The van der Waals surface area contributed by atoms with Crippen LogP contribution in [0.3, 0.4) is 0 Å². The number of aromatic nitrogens is 2. The number of nitrogens with zero attached hydrogens (tertiary/aromatic N) is 3. The average molecular weight is 585 g/mol. The van der Waals surface area contributed by atoms with Gasteiger partial charge in [-0.05, 0) is 69.0 Å². The number of carbonyl (C=O) groups is 2. The third-order valence-electron chi connectivity index (χ3n) is 6.10. The molecule has 3 rings (SSSR count). The summed E-state index contributed by atoms with van der Waals surface area (Å²) in [6, 6.07) is 11.2. The largest absolute Gasteiger partial charge is 0.490 e. The monoisotopic (exact) mass is 584 g/mol. The molecule has 40 heavy (non-hydrogen) atoms. The number of sulfonamides is 1. The van der Waals surface area contributed by atoms with Gasteiger partial charge in [0.15, 0.2) is 0 Å². The maximum atomic E-state index is 12.8. The van der Waals surface area contributed by atoms with Crippen molar-refractivity contribution < 1.29 is 41.4 Å². The van der Waals surface area contributed by atoms with Crippen molar-refractivity contribution in [1.29, 1.82) is 0 Å². The lowest BCUT2D eigenvalue weighted by molar-refractivity contribution is -0.192. The van der Waals surface area contributed by atoms with Crippen molar-refractivity contribution in [3.8, 4) is 0 Å². The normalized spacial score (nSPS) is 11.4. The topological polar surface area (TPSA) is 142 Å². The van der Waals surface area contributed by atoms with Gasteiger partial charge in [-0.25, -0.2) is 18.0 Å². The molecule has 0 amide bonds. The SMILES string of the molecule is Cc1ccccc1S(=O)(=O)Nc1ccc(N(C)CCCc2c(C)nn(C)c2C)c(C(=O)O)c1.O=C(O)C(F)(F)F. The highest BCUT2D eigenvalue weighted by Gasteiger charge is 2.38. The molecule has 0 fully saturated rings. The van der Waals surface area contributed by atoms with Crippen LogP contribution in [0.1, 0.15) is 39.3 Å². The molecule has 10 nitrogen and oxygen atoms in total. The molecule has 0 radical (unpaired) electrons. The van der Waals surface area contributed by atoms with Crippen LogP contribution >= 0.6 is 0 Å². The second-order valence-electron chi connectivity index (χ2n) is 9.01. The van der Waals surface area contributed by atoms with E-state index in [1.165, 1.54) is 17.7 Å². The van der Waals surface area contributed by atoms with E-state index >= 15 is 0 Å². The Morgan fingerprint density at radius 2 is 1.68 bits per heavy atom. The first-order chi connectivity index (χ1) is 18.5. The smallest absolute Gasteiger partial charge is 0.478 e. The molecule has 2 aromatic carbocycles. The zero-order chi connectivity index (χ0) is 30.4. The predicted octanol–water partition coefficient (Wildman–Crippen LogP) is 4.55. The number of hydrogen-bond donors (Lipinski definition) is 3. The van der Waals surface area contributed by atoms with Gasteiger partial charge in [-0.15, -0.1) is 0 Å². The van der Waals surface area contributed by atoms with Crippen LogP contribution in [0.15, 0.2) is 47.4 Å². The molecule has 1 aromatic heterocycles. The van der Waals surface area contributed by atoms with E-state index in [9.17, 15) is 31.5 Å². The number of alkyl halides is 3. The Hall–Kier alpha value is -4.07. The highest BCUT2D eigenvalue weighted by atomic mass is 32.2. The fourth-order valence-corrected chi connectivity index (χ4v) is 5.26. The van der Waals surface area contributed by atoms with Gasteiger partial charge in [-0.1, -0.05) is 18.2 Å². The summed E-state index contributed by atoms with van der Waals surface area (Å²) in [5.41, 5.74) is 4.73. The van der Waals surface area contributed by atoms with Crippen molar-refractivity contribution in [1.82, 2.24) is 9.78 Å². The first kappa shape index (κ1) is 32.1. The second kappa shape index (κ2) is 12.9. The van der Waals surface area contributed by atoms with E-state index in [0.29, 0.717) is 17.8 Å². The van der Waals surface area contributed by atoms with Crippen LogP contribution in [0.2, 0.25) is 0 Å². The van der Waals surface area contributed by atoms with Gasteiger partial charge in [0.2, 0.25) is 0 Å². The summed E-state index contributed by atoms with van der Waals surface area (Å²) in [6.07, 6.45) is -3.42. The Labute approximate surface area is 230 Å². The standard InChI is InChI=1S/C24H30N4O4S.C2HF3O2/c1-16-9-6-7-11-23(16)33(31,32)26-19-12-13-22(21(15-19)24(29)30)27(4)14-8-10-20-17(2)25-28(5)18(20)3;3-2(4,5)1(6)7/h6-7,9,11-13,15,26H,8,10,14H2,1-5H3,(H,29,30);(H,6,7). The minimum absolute atomic E-state index is 0.0382. The van der Waals surface area contributed by atoms with Crippen molar-refractivity contribution in [2.24, 2.45) is 7.05 Å². The summed E-state index contributed by atoms with van der Waals surface area (Å²) in [6.45, 7) is 6.38. The minimum Gasteiger partial charge on any atom is -0.478 e. The van der Waals surface area contributed by atoms with Gasteiger partial charge < -0.3 is 15.1 Å². The number of hydrogen-bond acceptors (Lipinski definition) is 6. The molecule has 0 atom stereocenters. The van der Waals surface area contributed by atoms with Crippen LogP contribution in [-0.4, -0.2) is 60.1 Å². The number of halogens is 3. The third kappa shape index (κ3) is 8.21. The number of aryl methyl sites for hydroxylation is 3. The van der Waals surface area contributed by atoms with Crippen molar-refractivity contribution >= 4 is 33.3 Å². The van der Waals surface area contributed by atoms with Crippen LogP contribution in [0.5, 0.6) is 0 Å². The molecule has 3 N–H and O–H groups in total. The Bertz CT molecular complexity index is 1490. The molecular formula is C26H31F3N4O6S. The average Bonchev–Trinajstić information content (AvgIpc) is 3.09. The number of carboxylic acids is 2. The molecule has 0 aliphatic rings. The zero-order valence-corrected chi connectivity index (χ0v) is 23.4. The summed E-state index contributed by atoms with van der Waals surface area (Å²) in [5, 5.41) is 21.3. The molecule has 0 aliphatic heterocycles. The van der Waals surface area contributed by atoms with E-state index in [0.717, 1.165) is 24.2 Å². The molecule has 0 saturated heterocycles. The maximum absolute atomic E-state index is 12.8. The quantitative estimate of drug-likeness (QED) is 0.333. The van der Waals surface area contributed by atoms with Crippen molar-refractivity contribution in [3.05, 3.63) is 70.5 Å². The van der Waals surface area contributed by atoms with Gasteiger partial charge in [0.05, 0.1) is 21.8 Å². The molecule has 218 valence electrons. The van der Waals surface area contributed by atoms with Gasteiger partial charge in [-0.3, -0.25) is 9.40 Å². The van der Waals surface area contributed by atoms with Gasteiger partial charge in [0.25, 0.3) is 10.0 Å². The maximum Gasteiger partial charge on any atom is 0.490 e. The molecule has 0 unspecified atom stereocenters. The summed E-state index contributed by atoms with van der Waals surface area (Å²) in [7, 11) is -0.0772. The number of benzene rings is 2. The Morgan fingerprint density at radius 3 is 2.17 bits per heavy atom. The number of nitrogens with one attached hydrogen (secondary N) is 1. The summed E-state index contributed by atoms with van der Waals surface area (Å²) in [5.74, 6) is -3.87. The Morgan fingerprint density at radius 1 is 1.07 bits per heavy atom. The van der Waals surface area contributed by atoms with Gasteiger partial charge >= 0.3 is 18.1 Å². The first-order valence-electron chi connectivity index (χ1n) is 11.9. The molecule has 0 aliphatic carbocycles. The van der Waals surface area contributed by atoms with E-state index in [1.54, 1.807) is 37.3 Å². The molecule has 1 heterocycles. The first-order valence-corrected chi connectivity index (χ1v) is 13.4. The number of anilines is 2. The van der Waals surface area contributed by atoms with E-state index in [1.807, 2.05) is 37.5 Å². The van der Waals surface area contributed by atoms with Crippen LogP contribution < -0.4 is 9.62 Å². The van der Waals surface area contributed by atoms with Crippen LogP contribution in [0, 0.1) is 20.8 Å². The van der Waals surface area contributed by atoms with Crippen molar-refractivity contribution in [2.45, 2.75) is 44.7 Å². The molecule has 0 saturated carbocycles. The minimum atomic E-state index is -5.08. The lowest BCUT2D eigenvalue weighted by Gasteiger charge is -2.22. The second-order valence-corrected chi connectivity index (χ2v) is 10.7. The Balaban J connectivity index is 0.000000708. The lowest BCUT2D eigenvalue weighted by Crippen LogP contribution is -2.22. The molecule has 3 aromatic rings.